The van der Waals surface area contributed by atoms with E-state index in [2.05, 4.69) is 4.98 Å². The van der Waals surface area contributed by atoms with Crippen molar-refractivity contribution in [1.82, 2.24) is 9.55 Å². The second-order valence-corrected chi connectivity index (χ2v) is 6.02. The van der Waals surface area contributed by atoms with Crippen molar-refractivity contribution in [1.29, 1.82) is 0 Å². The van der Waals surface area contributed by atoms with Crippen molar-refractivity contribution in [3.63, 3.8) is 0 Å². The summed E-state index contributed by atoms with van der Waals surface area (Å²) in [5, 5.41) is 8.89. The predicted molar refractivity (Wildman–Crippen MR) is 86.9 cm³/mol. The molecule has 0 radical (unpaired) electrons. The third kappa shape index (κ3) is 3.15. The van der Waals surface area contributed by atoms with E-state index in [1.165, 1.54) is 18.5 Å². The second kappa shape index (κ2) is 6.43. The summed E-state index contributed by atoms with van der Waals surface area (Å²) in [4.78, 5) is 29.4. The van der Waals surface area contributed by atoms with Crippen LogP contribution >= 0.6 is 0 Å². The van der Waals surface area contributed by atoms with E-state index in [-0.39, 0.29) is 17.6 Å². The normalized spacial score (nSPS) is 17.2. The van der Waals surface area contributed by atoms with Crippen LogP contribution in [0.25, 0.3) is 0 Å². The van der Waals surface area contributed by atoms with Crippen LogP contribution in [-0.2, 0) is 17.8 Å². The van der Waals surface area contributed by atoms with Crippen LogP contribution in [-0.4, -0.2) is 33.7 Å². The fourth-order valence-electron chi connectivity index (χ4n) is 3.14. The fraction of sp³-hybridized carbons (Fsp3) is 0.353. The quantitative estimate of drug-likeness (QED) is 0.925. The molecule has 1 aromatic heterocycles. The summed E-state index contributed by atoms with van der Waals surface area (Å²) < 4.78 is 14.7. The largest absolute Gasteiger partial charge is 0.480 e. The van der Waals surface area contributed by atoms with Crippen LogP contribution in [0.1, 0.15) is 24.0 Å². The lowest BCUT2D eigenvalue weighted by atomic mass is 9.95. The van der Waals surface area contributed by atoms with Gasteiger partial charge in [0, 0.05) is 25.5 Å². The zero-order valence-electron chi connectivity index (χ0n) is 13.3. The minimum atomic E-state index is -1.08. The third-order valence-electron chi connectivity index (χ3n) is 4.28. The molecule has 126 valence electrons. The zero-order chi connectivity index (χ0) is 17.3. The Morgan fingerprint density at radius 2 is 2.25 bits per heavy atom. The van der Waals surface area contributed by atoms with Gasteiger partial charge in [0.05, 0.1) is 0 Å². The summed E-state index contributed by atoms with van der Waals surface area (Å²) >= 11 is 0. The summed E-state index contributed by atoms with van der Waals surface area (Å²) in [6.07, 6.45) is 3.47. The maximum absolute atomic E-state index is 13.5. The van der Waals surface area contributed by atoms with E-state index in [0.717, 1.165) is 15.7 Å². The van der Waals surface area contributed by atoms with Gasteiger partial charge in [-0.15, -0.1) is 0 Å². The number of anilines is 1. The van der Waals surface area contributed by atoms with E-state index in [4.69, 9.17) is 5.11 Å². The molecule has 1 aliphatic heterocycles. The van der Waals surface area contributed by atoms with E-state index < -0.39 is 18.1 Å². The van der Waals surface area contributed by atoms with E-state index >= 15 is 0 Å². The molecule has 1 aliphatic rings. The number of carboxylic acid groups (broad SMARTS) is 1. The molecule has 1 N–H and O–H groups in total. The molecular weight excluding hydrogens is 313 g/mol. The number of hydrogen-bond acceptors (Lipinski definition) is 4. The van der Waals surface area contributed by atoms with Crippen molar-refractivity contribution in [2.45, 2.75) is 25.8 Å². The molecule has 0 fully saturated rings. The fourth-order valence-corrected chi connectivity index (χ4v) is 3.14. The lowest BCUT2D eigenvalue weighted by Gasteiger charge is -2.23. The molecule has 0 saturated heterocycles. The van der Waals surface area contributed by atoms with Gasteiger partial charge in [0.25, 0.3) is 5.56 Å². The molecule has 24 heavy (non-hydrogen) atoms. The highest BCUT2D eigenvalue weighted by atomic mass is 19.1. The van der Waals surface area contributed by atoms with Gasteiger partial charge >= 0.3 is 5.97 Å². The Bertz CT molecular complexity index is 834. The number of rotatable bonds is 3. The predicted octanol–water partition coefficient (Wildman–Crippen LogP) is 1.63. The van der Waals surface area contributed by atoms with Crippen molar-refractivity contribution in [2.24, 2.45) is 0 Å². The zero-order valence-corrected chi connectivity index (χ0v) is 13.3. The van der Waals surface area contributed by atoms with Gasteiger partial charge in [-0.2, -0.15) is 0 Å². The summed E-state index contributed by atoms with van der Waals surface area (Å²) in [6, 6.07) is 4.78. The van der Waals surface area contributed by atoms with Crippen molar-refractivity contribution >= 4 is 11.8 Å². The third-order valence-corrected chi connectivity index (χ3v) is 4.28. The molecule has 1 unspecified atom stereocenters. The number of fused-ring (bicyclic) bond motifs is 1. The van der Waals surface area contributed by atoms with Crippen LogP contribution in [0.4, 0.5) is 10.2 Å². The average molecular weight is 331 g/mol. The maximum Gasteiger partial charge on any atom is 0.323 e. The monoisotopic (exact) mass is 331 g/mol. The van der Waals surface area contributed by atoms with Gasteiger partial charge in [-0.1, -0.05) is 13.0 Å². The molecule has 0 spiro atoms. The molecule has 1 atom stereocenters. The number of benzene rings is 1. The van der Waals surface area contributed by atoms with Crippen LogP contribution in [0, 0.1) is 5.82 Å². The maximum atomic E-state index is 13.5. The summed E-state index contributed by atoms with van der Waals surface area (Å²) in [7, 11) is 0. The standard InChI is InChI=1S/C17H18FN3O3/c1-11-9-20(6-4-12-2-3-13(18)8-14(11)12)16-17(24)21(7-5-19-16)10-15(22)23/h2-3,5,7-8,11H,4,6,9-10H2,1H3,(H,22,23). The minimum Gasteiger partial charge on any atom is -0.480 e. The van der Waals surface area contributed by atoms with Crippen LogP contribution in [0.15, 0.2) is 35.4 Å². The first kappa shape index (κ1) is 16.2. The van der Waals surface area contributed by atoms with Gasteiger partial charge in [-0.25, -0.2) is 9.37 Å². The van der Waals surface area contributed by atoms with Crippen molar-refractivity contribution in [3.05, 3.63) is 57.9 Å². The Morgan fingerprint density at radius 3 is 3.00 bits per heavy atom. The molecule has 0 aliphatic carbocycles. The molecule has 7 heteroatoms. The number of aliphatic carboxylic acids is 1. The Morgan fingerprint density at radius 1 is 1.46 bits per heavy atom. The number of nitrogens with zero attached hydrogens (tertiary/aromatic N) is 3. The highest BCUT2D eigenvalue weighted by Gasteiger charge is 2.23. The van der Waals surface area contributed by atoms with Gasteiger partial charge in [-0.3, -0.25) is 14.2 Å². The topological polar surface area (TPSA) is 75.4 Å². The lowest BCUT2D eigenvalue weighted by Crippen LogP contribution is -2.36. The van der Waals surface area contributed by atoms with E-state index in [0.29, 0.717) is 19.5 Å². The molecule has 0 amide bonds. The first-order valence-corrected chi connectivity index (χ1v) is 7.76. The molecule has 0 saturated carbocycles. The first-order valence-electron chi connectivity index (χ1n) is 7.76. The summed E-state index contributed by atoms with van der Waals surface area (Å²) in [5.41, 5.74) is 1.58. The van der Waals surface area contributed by atoms with Crippen LogP contribution < -0.4 is 10.5 Å². The van der Waals surface area contributed by atoms with Gasteiger partial charge in [0.1, 0.15) is 12.4 Å². The average Bonchev–Trinajstić information content (AvgIpc) is 2.69. The Labute approximate surface area is 138 Å². The smallest absolute Gasteiger partial charge is 0.323 e. The Balaban J connectivity index is 1.93. The highest BCUT2D eigenvalue weighted by Crippen LogP contribution is 2.27. The van der Waals surface area contributed by atoms with E-state index in [1.54, 1.807) is 12.1 Å². The van der Waals surface area contributed by atoms with E-state index in [9.17, 15) is 14.0 Å². The van der Waals surface area contributed by atoms with Crippen LogP contribution in [0.3, 0.4) is 0 Å². The van der Waals surface area contributed by atoms with Gasteiger partial charge in [0.2, 0.25) is 0 Å². The SMILES string of the molecule is CC1CN(c2nccn(CC(=O)O)c2=O)CCc2ccc(F)cc21. The highest BCUT2D eigenvalue weighted by molar-refractivity contribution is 5.66. The number of carboxylic acids is 1. The molecule has 2 aromatic rings. The Kier molecular flexibility index (Phi) is 4.33. The number of carbonyl (C=O) groups is 1. The van der Waals surface area contributed by atoms with Crippen LogP contribution in [0.2, 0.25) is 0 Å². The van der Waals surface area contributed by atoms with Crippen molar-refractivity contribution < 1.29 is 14.3 Å². The Hall–Kier alpha value is -2.70. The molecule has 0 bridgehead atoms. The van der Waals surface area contributed by atoms with Gasteiger partial charge in [-0.05, 0) is 35.6 Å². The van der Waals surface area contributed by atoms with Gasteiger partial charge in [0.15, 0.2) is 5.82 Å². The summed E-state index contributed by atoms with van der Waals surface area (Å²) in [5.74, 6) is -1.08. The number of aromatic nitrogens is 2. The van der Waals surface area contributed by atoms with Gasteiger partial charge < -0.3 is 10.0 Å². The van der Waals surface area contributed by atoms with E-state index in [1.807, 2.05) is 11.8 Å². The lowest BCUT2D eigenvalue weighted by molar-refractivity contribution is -0.137. The second-order valence-electron chi connectivity index (χ2n) is 6.02. The first-order chi connectivity index (χ1) is 11.5. The molecule has 1 aromatic carbocycles. The molecule has 6 nitrogen and oxygen atoms in total. The molecule has 3 rings (SSSR count). The number of halogens is 1. The van der Waals surface area contributed by atoms with Crippen molar-refractivity contribution in [2.75, 3.05) is 18.0 Å². The molecule has 2 heterocycles. The minimum absolute atomic E-state index is 0.0347. The molecular formula is C17H18FN3O3. The summed E-state index contributed by atoms with van der Waals surface area (Å²) in [6.45, 7) is 2.68. The van der Waals surface area contributed by atoms with Crippen LogP contribution in [0.5, 0.6) is 0 Å². The number of hydrogen-bond donors (Lipinski definition) is 1. The van der Waals surface area contributed by atoms with Crippen molar-refractivity contribution in [3.8, 4) is 0 Å².